The number of carbonyl (C=O) groups excluding carboxylic acids is 2. The number of Topliss-reactive ketones (excluding diaryl/α,β-unsaturated/α-hetero) is 1. The molecule has 0 bridgehead atoms. The third kappa shape index (κ3) is 3.51. The summed E-state index contributed by atoms with van der Waals surface area (Å²) < 4.78 is 9.61. The number of hydrogen-bond donors (Lipinski definition) is 1. The van der Waals surface area contributed by atoms with Crippen LogP contribution in [0.2, 0.25) is 0 Å². The van der Waals surface area contributed by atoms with Crippen LogP contribution in [0.3, 0.4) is 0 Å². The van der Waals surface area contributed by atoms with E-state index in [1.165, 1.54) is 20.1 Å². The Morgan fingerprint density at radius 3 is 2.93 bits per heavy atom. The van der Waals surface area contributed by atoms with Gasteiger partial charge in [0.05, 0.1) is 6.54 Å². The molecule has 0 unspecified atom stereocenters. The third-order valence-corrected chi connectivity index (χ3v) is 1.58. The maximum absolute atomic E-state index is 11.3. The first-order valence-corrected chi connectivity index (χ1v) is 4.35. The average Bonchev–Trinajstić information content (AvgIpc) is 2.63. The minimum absolute atomic E-state index is 0.00863. The first-order chi connectivity index (χ1) is 7.13. The van der Waals surface area contributed by atoms with E-state index in [1.54, 1.807) is 0 Å². The molecule has 0 aliphatic carbocycles. The Morgan fingerprint density at radius 1 is 1.60 bits per heavy atom. The lowest BCUT2D eigenvalue weighted by atomic mass is 10.3. The standard InChI is InChI=1S/C9H12N2O4/c1-6(12)4-10-9(13)8-3-7(5-14-2)15-11-8/h3H,4-5H2,1-2H3,(H,10,13). The molecule has 1 N–H and O–H groups in total. The van der Waals surface area contributed by atoms with Crippen LogP contribution in [0.25, 0.3) is 0 Å². The van der Waals surface area contributed by atoms with Gasteiger partial charge >= 0.3 is 0 Å². The van der Waals surface area contributed by atoms with Gasteiger partial charge in [-0.2, -0.15) is 0 Å². The Balaban J connectivity index is 2.54. The van der Waals surface area contributed by atoms with Gasteiger partial charge in [-0.1, -0.05) is 5.16 Å². The smallest absolute Gasteiger partial charge is 0.273 e. The summed E-state index contributed by atoms with van der Waals surface area (Å²) in [6.07, 6.45) is 0. The number of amides is 1. The van der Waals surface area contributed by atoms with Crippen molar-refractivity contribution in [3.05, 3.63) is 17.5 Å². The normalized spacial score (nSPS) is 10.0. The van der Waals surface area contributed by atoms with Crippen molar-refractivity contribution in [1.29, 1.82) is 0 Å². The van der Waals surface area contributed by atoms with E-state index in [1.807, 2.05) is 0 Å². The highest BCUT2D eigenvalue weighted by Crippen LogP contribution is 2.04. The second kappa shape index (κ2) is 5.26. The monoisotopic (exact) mass is 212 g/mol. The molecule has 0 saturated heterocycles. The highest BCUT2D eigenvalue weighted by Gasteiger charge is 2.12. The molecule has 1 rings (SSSR count). The summed E-state index contributed by atoms with van der Waals surface area (Å²) in [6.45, 7) is 1.64. The molecular weight excluding hydrogens is 200 g/mol. The Bertz CT molecular complexity index is 359. The zero-order chi connectivity index (χ0) is 11.3. The fourth-order valence-electron chi connectivity index (χ4n) is 0.926. The maximum atomic E-state index is 11.3. The number of nitrogens with zero attached hydrogens (tertiary/aromatic N) is 1. The van der Waals surface area contributed by atoms with Crippen LogP contribution in [0.5, 0.6) is 0 Å². The van der Waals surface area contributed by atoms with E-state index < -0.39 is 5.91 Å². The quantitative estimate of drug-likeness (QED) is 0.750. The fraction of sp³-hybridized carbons (Fsp3) is 0.444. The van der Waals surface area contributed by atoms with Crippen molar-refractivity contribution in [2.24, 2.45) is 0 Å². The largest absolute Gasteiger partial charge is 0.377 e. The van der Waals surface area contributed by atoms with E-state index in [0.29, 0.717) is 5.76 Å². The fourth-order valence-corrected chi connectivity index (χ4v) is 0.926. The molecule has 0 aromatic carbocycles. The van der Waals surface area contributed by atoms with Gasteiger partial charge in [0.2, 0.25) is 0 Å². The molecule has 0 aliphatic rings. The number of hydrogen-bond acceptors (Lipinski definition) is 5. The summed E-state index contributed by atoms with van der Waals surface area (Å²) >= 11 is 0. The zero-order valence-electron chi connectivity index (χ0n) is 8.57. The summed E-state index contributed by atoms with van der Waals surface area (Å²) in [5.74, 6) is -0.0919. The lowest BCUT2D eigenvalue weighted by Crippen LogP contribution is -2.28. The van der Waals surface area contributed by atoms with Crippen molar-refractivity contribution < 1.29 is 18.8 Å². The molecule has 0 aliphatic heterocycles. The van der Waals surface area contributed by atoms with Crippen LogP contribution >= 0.6 is 0 Å². The minimum atomic E-state index is -0.434. The van der Waals surface area contributed by atoms with E-state index in [4.69, 9.17) is 9.26 Å². The van der Waals surface area contributed by atoms with Crippen molar-refractivity contribution in [1.82, 2.24) is 10.5 Å². The SMILES string of the molecule is COCc1cc(C(=O)NCC(C)=O)no1. The third-order valence-electron chi connectivity index (χ3n) is 1.58. The van der Waals surface area contributed by atoms with Gasteiger partial charge in [-0.3, -0.25) is 9.59 Å². The van der Waals surface area contributed by atoms with Crippen molar-refractivity contribution in [3.63, 3.8) is 0 Å². The molecular formula is C9H12N2O4. The van der Waals surface area contributed by atoms with Gasteiger partial charge in [0.1, 0.15) is 12.4 Å². The number of ether oxygens (including phenoxy) is 1. The van der Waals surface area contributed by atoms with Gasteiger partial charge in [-0.05, 0) is 6.92 Å². The molecule has 0 fully saturated rings. The van der Waals surface area contributed by atoms with Crippen LogP contribution in [0.15, 0.2) is 10.6 Å². The summed E-state index contributed by atoms with van der Waals surface area (Å²) in [7, 11) is 1.51. The van der Waals surface area contributed by atoms with Gasteiger partial charge in [-0.15, -0.1) is 0 Å². The molecule has 6 nitrogen and oxygen atoms in total. The maximum Gasteiger partial charge on any atom is 0.273 e. The van der Waals surface area contributed by atoms with Crippen LogP contribution in [-0.4, -0.2) is 30.5 Å². The molecule has 1 aromatic rings. The van der Waals surface area contributed by atoms with Gasteiger partial charge in [0.25, 0.3) is 5.91 Å². The van der Waals surface area contributed by atoms with E-state index in [0.717, 1.165) is 0 Å². The summed E-state index contributed by atoms with van der Waals surface area (Å²) in [4.78, 5) is 21.9. The highest BCUT2D eigenvalue weighted by molar-refractivity contribution is 5.94. The van der Waals surface area contributed by atoms with Gasteiger partial charge in [0, 0.05) is 13.2 Å². The first-order valence-electron chi connectivity index (χ1n) is 4.35. The molecule has 82 valence electrons. The Kier molecular flexibility index (Phi) is 3.99. The second-order valence-electron chi connectivity index (χ2n) is 3.00. The van der Waals surface area contributed by atoms with E-state index in [9.17, 15) is 9.59 Å². The predicted octanol–water partition coefficient (Wildman–Crippen LogP) is 0.140. The lowest BCUT2D eigenvalue weighted by molar-refractivity contribution is -0.116. The van der Waals surface area contributed by atoms with Gasteiger partial charge in [0.15, 0.2) is 11.5 Å². The van der Waals surface area contributed by atoms with Gasteiger partial charge < -0.3 is 14.6 Å². The molecule has 1 heterocycles. The highest BCUT2D eigenvalue weighted by atomic mass is 16.5. The molecule has 0 radical (unpaired) electrons. The van der Waals surface area contributed by atoms with Crippen LogP contribution < -0.4 is 5.32 Å². The summed E-state index contributed by atoms with van der Waals surface area (Å²) in [5.41, 5.74) is 0.142. The van der Waals surface area contributed by atoms with E-state index in [-0.39, 0.29) is 24.6 Å². The zero-order valence-corrected chi connectivity index (χ0v) is 8.57. The molecule has 1 aromatic heterocycles. The van der Waals surface area contributed by atoms with E-state index in [2.05, 4.69) is 10.5 Å². The average molecular weight is 212 g/mol. The molecule has 15 heavy (non-hydrogen) atoms. The van der Waals surface area contributed by atoms with Crippen LogP contribution in [-0.2, 0) is 16.1 Å². The number of rotatable bonds is 5. The van der Waals surface area contributed by atoms with Crippen LogP contribution in [0.4, 0.5) is 0 Å². The Hall–Kier alpha value is -1.69. The lowest BCUT2D eigenvalue weighted by Gasteiger charge is -1.97. The first kappa shape index (κ1) is 11.4. The number of methoxy groups -OCH3 is 1. The van der Waals surface area contributed by atoms with Crippen LogP contribution in [0.1, 0.15) is 23.2 Å². The molecule has 6 heteroatoms. The van der Waals surface area contributed by atoms with Crippen molar-refractivity contribution in [3.8, 4) is 0 Å². The summed E-state index contributed by atoms with van der Waals surface area (Å²) in [5, 5.41) is 5.94. The van der Waals surface area contributed by atoms with Gasteiger partial charge in [-0.25, -0.2) is 0 Å². The topological polar surface area (TPSA) is 81.4 Å². The van der Waals surface area contributed by atoms with Crippen molar-refractivity contribution >= 4 is 11.7 Å². The number of nitrogens with one attached hydrogen (secondary N) is 1. The predicted molar refractivity (Wildman–Crippen MR) is 50.2 cm³/mol. The summed E-state index contributed by atoms with van der Waals surface area (Å²) in [6, 6.07) is 1.47. The minimum Gasteiger partial charge on any atom is -0.377 e. The van der Waals surface area contributed by atoms with Crippen LogP contribution in [0, 0.1) is 0 Å². The van der Waals surface area contributed by atoms with E-state index >= 15 is 0 Å². The molecule has 0 saturated carbocycles. The Morgan fingerprint density at radius 2 is 2.33 bits per heavy atom. The molecule has 0 spiro atoms. The van der Waals surface area contributed by atoms with Crippen molar-refractivity contribution in [2.75, 3.05) is 13.7 Å². The molecule has 1 amide bonds. The number of ketones is 1. The second-order valence-corrected chi connectivity index (χ2v) is 3.00. The molecule has 0 atom stereocenters. The number of carbonyl (C=O) groups is 2. The number of aromatic nitrogens is 1. The van der Waals surface area contributed by atoms with Crippen molar-refractivity contribution in [2.45, 2.75) is 13.5 Å². The Labute approximate surface area is 86.6 Å².